The van der Waals surface area contributed by atoms with Crippen molar-refractivity contribution in [1.82, 2.24) is 10.2 Å². The van der Waals surface area contributed by atoms with Crippen molar-refractivity contribution in [3.05, 3.63) is 59.7 Å². The fraction of sp³-hybridized carbons (Fsp3) is 0.448. The molecule has 1 aliphatic carbocycles. The lowest BCUT2D eigenvalue weighted by molar-refractivity contribution is -0.162. The number of ether oxygens (including phenoxy) is 3. The molecule has 0 unspecified atom stereocenters. The van der Waals surface area contributed by atoms with E-state index in [0.29, 0.717) is 0 Å². The number of rotatable bonds is 7. The summed E-state index contributed by atoms with van der Waals surface area (Å²) in [4.78, 5) is 52.1. The average Bonchev–Trinajstić information content (AvgIpc) is 3.34. The van der Waals surface area contributed by atoms with E-state index in [1.165, 1.54) is 0 Å². The number of nitrogens with zero attached hydrogens (tertiary/aromatic N) is 1. The first-order chi connectivity index (χ1) is 18.3. The molecule has 2 N–H and O–H groups in total. The van der Waals surface area contributed by atoms with Crippen molar-refractivity contribution in [2.45, 2.75) is 70.4 Å². The summed E-state index contributed by atoms with van der Waals surface area (Å²) in [7, 11) is 0. The van der Waals surface area contributed by atoms with Crippen molar-refractivity contribution < 1.29 is 38.5 Å². The molecule has 0 saturated carbocycles. The van der Waals surface area contributed by atoms with E-state index in [1.54, 1.807) is 34.6 Å². The van der Waals surface area contributed by atoms with Crippen molar-refractivity contribution in [1.29, 1.82) is 0 Å². The SMILES string of the molecule is CC(C)(C)OC(=O)C[C@H](NC(=O)OCC1c2ccccc2-c2ccccc21)C(=O)N1[C@@H](C(=O)O)COC1(C)C. The Balaban J connectivity index is 1.52. The summed E-state index contributed by atoms with van der Waals surface area (Å²) in [5.41, 5.74) is 2.08. The van der Waals surface area contributed by atoms with Crippen LogP contribution in [0.15, 0.2) is 48.5 Å². The zero-order chi connectivity index (χ0) is 28.5. The Bertz CT molecular complexity index is 1240. The third kappa shape index (κ3) is 6.06. The van der Waals surface area contributed by atoms with Crippen molar-refractivity contribution in [2.24, 2.45) is 0 Å². The maximum Gasteiger partial charge on any atom is 0.407 e. The molecule has 2 atom stereocenters. The number of hydrogen-bond donors (Lipinski definition) is 2. The minimum absolute atomic E-state index is 0.00325. The Morgan fingerprint density at radius 2 is 1.62 bits per heavy atom. The number of carbonyl (C=O) groups excluding carboxylic acids is 3. The molecule has 2 amide bonds. The van der Waals surface area contributed by atoms with Crippen molar-refractivity contribution in [3.63, 3.8) is 0 Å². The van der Waals surface area contributed by atoms with Gasteiger partial charge >= 0.3 is 18.0 Å². The molecule has 39 heavy (non-hydrogen) atoms. The first kappa shape index (κ1) is 28.1. The lowest BCUT2D eigenvalue weighted by Gasteiger charge is -2.35. The van der Waals surface area contributed by atoms with E-state index in [0.717, 1.165) is 27.2 Å². The van der Waals surface area contributed by atoms with E-state index >= 15 is 0 Å². The second-order valence-electron chi connectivity index (χ2n) is 11.1. The number of carboxylic acid groups (broad SMARTS) is 1. The highest BCUT2D eigenvalue weighted by molar-refractivity contribution is 5.93. The number of fused-ring (bicyclic) bond motifs is 3. The van der Waals surface area contributed by atoms with Gasteiger partial charge in [-0.15, -0.1) is 0 Å². The summed E-state index contributed by atoms with van der Waals surface area (Å²) < 4.78 is 16.5. The van der Waals surface area contributed by atoms with Gasteiger partial charge in [-0.1, -0.05) is 48.5 Å². The number of carboxylic acids is 1. The molecular weight excluding hydrogens is 504 g/mol. The first-order valence-corrected chi connectivity index (χ1v) is 12.8. The van der Waals surface area contributed by atoms with Gasteiger partial charge in [-0.2, -0.15) is 0 Å². The number of hydrogen-bond acceptors (Lipinski definition) is 7. The summed E-state index contributed by atoms with van der Waals surface area (Å²) in [6, 6.07) is 13.0. The highest BCUT2D eigenvalue weighted by Gasteiger charge is 2.49. The molecule has 1 fully saturated rings. The van der Waals surface area contributed by atoms with Gasteiger partial charge in [0.2, 0.25) is 5.91 Å². The number of nitrogens with one attached hydrogen (secondary N) is 1. The van der Waals surface area contributed by atoms with Gasteiger partial charge in [0, 0.05) is 5.92 Å². The van der Waals surface area contributed by atoms with Crippen LogP contribution in [0.1, 0.15) is 58.1 Å². The van der Waals surface area contributed by atoms with Gasteiger partial charge in [-0.3, -0.25) is 14.5 Å². The lowest BCUT2D eigenvalue weighted by atomic mass is 9.98. The van der Waals surface area contributed by atoms with E-state index in [4.69, 9.17) is 14.2 Å². The highest BCUT2D eigenvalue weighted by Crippen LogP contribution is 2.44. The Labute approximate surface area is 227 Å². The van der Waals surface area contributed by atoms with Crippen LogP contribution in [0, 0.1) is 0 Å². The van der Waals surface area contributed by atoms with Gasteiger partial charge in [0.15, 0.2) is 6.04 Å². The predicted molar refractivity (Wildman–Crippen MR) is 141 cm³/mol. The molecule has 2 aromatic rings. The molecule has 10 nitrogen and oxygen atoms in total. The maximum atomic E-state index is 13.6. The fourth-order valence-corrected chi connectivity index (χ4v) is 5.10. The topological polar surface area (TPSA) is 131 Å². The molecule has 0 aromatic heterocycles. The van der Waals surface area contributed by atoms with Gasteiger partial charge < -0.3 is 24.6 Å². The van der Waals surface area contributed by atoms with Crippen LogP contribution in [0.5, 0.6) is 0 Å². The average molecular weight is 539 g/mol. The minimum Gasteiger partial charge on any atom is -0.480 e. The highest BCUT2D eigenvalue weighted by atomic mass is 16.6. The van der Waals surface area contributed by atoms with Crippen LogP contribution in [0.25, 0.3) is 11.1 Å². The molecule has 1 saturated heterocycles. The first-order valence-electron chi connectivity index (χ1n) is 12.8. The van der Waals surface area contributed by atoms with Crippen LogP contribution < -0.4 is 5.32 Å². The normalized spacial score (nSPS) is 18.6. The summed E-state index contributed by atoms with van der Waals surface area (Å²) in [5, 5.41) is 12.1. The Kier molecular flexibility index (Phi) is 7.70. The van der Waals surface area contributed by atoms with Crippen LogP contribution in [-0.2, 0) is 28.6 Å². The van der Waals surface area contributed by atoms with Gasteiger partial charge in [0.1, 0.15) is 24.0 Å². The zero-order valence-corrected chi connectivity index (χ0v) is 22.7. The Morgan fingerprint density at radius 1 is 1.05 bits per heavy atom. The minimum atomic E-state index is -1.43. The second kappa shape index (κ2) is 10.7. The number of carbonyl (C=O) groups is 4. The summed E-state index contributed by atoms with van der Waals surface area (Å²) in [6.45, 7) is 7.91. The number of esters is 1. The monoisotopic (exact) mass is 538 g/mol. The maximum absolute atomic E-state index is 13.6. The third-order valence-electron chi connectivity index (χ3n) is 6.73. The van der Waals surface area contributed by atoms with E-state index in [1.807, 2.05) is 48.5 Å². The van der Waals surface area contributed by atoms with E-state index in [-0.39, 0.29) is 19.1 Å². The molecule has 0 radical (unpaired) electrons. The van der Waals surface area contributed by atoms with Gasteiger partial charge in [0.25, 0.3) is 0 Å². The van der Waals surface area contributed by atoms with Crippen LogP contribution in [-0.4, -0.2) is 70.6 Å². The predicted octanol–water partition coefficient (Wildman–Crippen LogP) is 3.67. The van der Waals surface area contributed by atoms with Crippen LogP contribution in [0.2, 0.25) is 0 Å². The van der Waals surface area contributed by atoms with Crippen molar-refractivity contribution in [2.75, 3.05) is 13.2 Å². The number of amides is 2. The molecule has 2 aromatic carbocycles. The van der Waals surface area contributed by atoms with E-state index < -0.39 is 53.8 Å². The standard InChI is InChI=1S/C29H34N2O8/c1-28(2,3)39-24(32)14-22(25(33)31-23(26(34)35)16-38-29(31,4)5)30-27(36)37-15-21-19-12-8-6-10-17(19)18-11-7-9-13-20(18)21/h6-13,21-23H,14-16H2,1-5H3,(H,30,36)(H,34,35)/t22-,23+/m0/s1. The van der Waals surface area contributed by atoms with Crippen LogP contribution in [0.3, 0.4) is 0 Å². The quantitative estimate of drug-likeness (QED) is 0.511. The Hall–Kier alpha value is -3.92. The van der Waals surface area contributed by atoms with Gasteiger partial charge in [-0.05, 0) is 56.9 Å². The van der Waals surface area contributed by atoms with E-state index in [2.05, 4.69) is 5.32 Å². The Morgan fingerprint density at radius 3 is 2.15 bits per heavy atom. The summed E-state index contributed by atoms with van der Waals surface area (Å²) in [5.74, 6) is -2.98. The van der Waals surface area contributed by atoms with Crippen molar-refractivity contribution in [3.8, 4) is 11.1 Å². The molecule has 208 valence electrons. The third-order valence-corrected chi connectivity index (χ3v) is 6.73. The summed E-state index contributed by atoms with van der Waals surface area (Å²) in [6.07, 6.45) is -1.43. The van der Waals surface area contributed by atoms with Crippen LogP contribution >= 0.6 is 0 Å². The molecule has 2 aliphatic rings. The van der Waals surface area contributed by atoms with Gasteiger partial charge in [0.05, 0.1) is 13.0 Å². The summed E-state index contributed by atoms with van der Waals surface area (Å²) >= 11 is 0. The molecule has 0 spiro atoms. The largest absolute Gasteiger partial charge is 0.480 e. The molecule has 10 heteroatoms. The molecule has 4 rings (SSSR count). The number of aliphatic carboxylic acids is 1. The molecule has 1 heterocycles. The molecular formula is C29H34N2O8. The fourth-order valence-electron chi connectivity index (χ4n) is 5.10. The van der Waals surface area contributed by atoms with Gasteiger partial charge in [-0.25, -0.2) is 9.59 Å². The molecule has 1 aliphatic heterocycles. The number of benzene rings is 2. The van der Waals surface area contributed by atoms with Crippen LogP contribution in [0.4, 0.5) is 4.79 Å². The smallest absolute Gasteiger partial charge is 0.407 e. The zero-order valence-electron chi connectivity index (χ0n) is 22.7. The second-order valence-corrected chi connectivity index (χ2v) is 11.1. The van der Waals surface area contributed by atoms with E-state index in [9.17, 15) is 24.3 Å². The number of alkyl carbamates (subject to hydrolysis) is 1. The lowest BCUT2D eigenvalue weighted by Crippen LogP contribution is -2.58. The molecule has 0 bridgehead atoms. The van der Waals surface area contributed by atoms with Crippen molar-refractivity contribution >= 4 is 23.9 Å².